The molecule has 6 rings (SSSR count). The van der Waals surface area contributed by atoms with E-state index in [1.54, 1.807) is 54.2 Å². The van der Waals surface area contributed by atoms with Crippen molar-refractivity contribution in [3.8, 4) is 11.1 Å². The molecule has 12 heteroatoms. The van der Waals surface area contributed by atoms with Gasteiger partial charge in [-0.3, -0.25) is 19.1 Å². The normalized spacial score (nSPS) is 17.1. The van der Waals surface area contributed by atoms with Gasteiger partial charge in [-0.1, -0.05) is 36.4 Å². The van der Waals surface area contributed by atoms with Crippen LogP contribution in [-0.4, -0.2) is 61.0 Å². The predicted molar refractivity (Wildman–Crippen MR) is 145 cm³/mol. The minimum Gasteiger partial charge on any atom is -0.364 e. The molecule has 9 nitrogen and oxygen atoms in total. The summed E-state index contributed by atoms with van der Waals surface area (Å²) < 4.78 is 31.4. The summed E-state index contributed by atoms with van der Waals surface area (Å²) in [6.07, 6.45) is -0.342. The summed E-state index contributed by atoms with van der Waals surface area (Å²) >= 11 is 1.38. The van der Waals surface area contributed by atoms with E-state index in [0.29, 0.717) is 22.0 Å². The molecule has 1 fully saturated rings. The van der Waals surface area contributed by atoms with Crippen molar-refractivity contribution in [1.82, 2.24) is 24.6 Å². The van der Waals surface area contributed by atoms with Gasteiger partial charge >= 0.3 is 0 Å². The number of Topliss-reactive ketones (excluding diaryl/α,β-unsaturated/α-hetero) is 1. The van der Waals surface area contributed by atoms with Crippen molar-refractivity contribution < 1.29 is 23.2 Å². The number of pyridine rings is 1. The van der Waals surface area contributed by atoms with E-state index in [0.717, 1.165) is 4.83 Å². The number of primary amides is 1. The van der Waals surface area contributed by atoms with Crippen molar-refractivity contribution in [2.24, 2.45) is 5.73 Å². The quantitative estimate of drug-likeness (QED) is 0.324. The van der Waals surface area contributed by atoms with E-state index in [-0.39, 0.29) is 42.8 Å². The van der Waals surface area contributed by atoms with Gasteiger partial charge in [0.25, 0.3) is 5.91 Å². The molecule has 2 N–H and O–H groups in total. The van der Waals surface area contributed by atoms with Gasteiger partial charge in [-0.25, -0.2) is 18.7 Å². The Hall–Kier alpha value is -4.58. The highest BCUT2D eigenvalue weighted by atomic mass is 32.1. The van der Waals surface area contributed by atoms with Gasteiger partial charge in [0.15, 0.2) is 11.5 Å². The third-order valence-electron chi connectivity index (χ3n) is 7.06. The van der Waals surface area contributed by atoms with E-state index in [4.69, 9.17) is 5.73 Å². The number of nitrogens with zero attached hydrogens (tertiary/aromatic N) is 5. The highest BCUT2D eigenvalue weighted by molar-refractivity contribution is 7.16. The van der Waals surface area contributed by atoms with Crippen LogP contribution in [0.1, 0.15) is 22.5 Å². The van der Waals surface area contributed by atoms with Crippen molar-refractivity contribution in [1.29, 1.82) is 0 Å². The lowest BCUT2D eigenvalue weighted by Crippen LogP contribution is -2.43. The Morgan fingerprint density at radius 1 is 1.10 bits per heavy atom. The van der Waals surface area contributed by atoms with E-state index < -0.39 is 35.6 Å². The number of carbonyl (C=O) groups is 3. The molecular formula is C28H22F2N6O3S. The molecule has 5 aromatic rings. The van der Waals surface area contributed by atoms with Crippen LogP contribution in [0.15, 0.2) is 60.2 Å². The number of hydrogen-bond donors (Lipinski definition) is 1. The predicted octanol–water partition coefficient (Wildman–Crippen LogP) is 3.70. The number of para-hydroxylation sites is 1. The zero-order valence-corrected chi connectivity index (χ0v) is 21.8. The smallest absolute Gasteiger partial charge is 0.269 e. The average molecular weight is 561 g/mol. The molecule has 0 aliphatic carbocycles. The van der Waals surface area contributed by atoms with E-state index in [9.17, 15) is 18.8 Å². The Bertz CT molecular complexity index is 1800. The minimum atomic E-state index is -1.40. The van der Waals surface area contributed by atoms with Gasteiger partial charge in [-0.2, -0.15) is 5.10 Å². The lowest BCUT2D eigenvalue weighted by atomic mass is 9.97. The number of carbonyl (C=O) groups excluding carboxylic acids is 3. The van der Waals surface area contributed by atoms with Crippen molar-refractivity contribution in [2.45, 2.75) is 31.6 Å². The number of rotatable bonds is 7. The van der Waals surface area contributed by atoms with Gasteiger partial charge in [0.1, 0.15) is 28.9 Å². The molecular weight excluding hydrogens is 538 g/mol. The first kappa shape index (κ1) is 25.7. The number of thiazole rings is 1. The molecule has 3 aromatic heterocycles. The monoisotopic (exact) mass is 560 g/mol. The number of aromatic nitrogens is 4. The molecule has 0 saturated carbocycles. The molecule has 0 spiro atoms. The van der Waals surface area contributed by atoms with Crippen LogP contribution in [0.2, 0.25) is 0 Å². The number of likely N-dealkylation sites (tertiary alicyclic amines) is 1. The number of amides is 2. The summed E-state index contributed by atoms with van der Waals surface area (Å²) in [5.74, 6) is -2.34. The van der Waals surface area contributed by atoms with Gasteiger partial charge in [0.05, 0.1) is 23.6 Å². The first-order valence-corrected chi connectivity index (χ1v) is 13.4. The Morgan fingerprint density at radius 3 is 2.75 bits per heavy atom. The maximum atomic E-state index is 15.6. The molecule has 1 aliphatic heterocycles. The number of benzene rings is 2. The van der Waals surface area contributed by atoms with Crippen molar-refractivity contribution >= 4 is 50.2 Å². The van der Waals surface area contributed by atoms with Crippen LogP contribution in [0.3, 0.4) is 0 Å². The van der Waals surface area contributed by atoms with Crippen LogP contribution in [0.25, 0.3) is 32.4 Å². The number of hydrogen-bond acceptors (Lipinski definition) is 7. The maximum Gasteiger partial charge on any atom is 0.269 e. The molecule has 2 aromatic carbocycles. The second-order valence-electron chi connectivity index (χ2n) is 9.60. The molecule has 2 atom stereocenters. The van der Waals surface area contributed by atoms with Crippen LogP contribution in [0.5, 0.6) is 0 Å². The highest BCUT2D eigenvalue weighted by Crippen LogP contribution is 2.29. The average Bonchev–Trinajstić information content (AvgIpc) is 3.66. The Balaban J connectivity index is 1.23. The van der Waals surface area contributed by atoms with Crippen molar-refractivity contribution in [3.05, 3.63) is 77.3 Å². The first-order chi connectivity index (χ1) is 19.3. The number of alkyl halides is 1. The molecule has 4 heterocycles. The lowest BCUT2D eigenvalue weighted by molar-refractivity contribution is -0.138. The fourth-order valence-corrected chi connectivity index (χ4v) is 5.78. The number of fused-ring (bicyclic) bond motifs is 2. The second-order valence-corrected chi connectivity index (χ2v) is 10.4. The van der Waals surface area contributed by atoms with Gasteiger partial charge in [0.2, 0.25) is 5.91 Å². The SMILES string of the molecule is NC(=O)c1nn(CC(=O)N2C[C@H](F)C[C@H]2C(=O)Cc2cccc(-c3cnc4scnc4c3)c2F)c2ccccc12. The standard InChI is InChI=1S/C28H22F2N6O3S/c29-17-10-22(35(12-17)24(38)13-36-21-7-2-1-5-19(21)26(34-36)27(31)39)23(37)9-15-4-3-6-18(25(15)30)16-8-20-28(32-11-16)40-14-33-20/h1-8,11,14,17,22H,9-10,12-13H2,(H2,31,39)/t17-,22+/m1/s1. The van der Waals surface area contributed by atoms with E-state index in [1.807, 2.05) is 0 Å². The second kappa shape index (κ2) is 10.2. The molecule has 202 valence electrons. The van der Waals surface area contributed by atoms with Gasteiger partial charge in [-0.05, 0) is 17.7 Å². The van der Waals surface area contributed by atoms with Crippen LogP contribution in [0.4, 0.5) is 8.78 Å². The Labute approximate surface area is 230 Å². The summed E-state index contributed by atoms with van der Waals surface area (Å²) in [7, 11) is 0. The minimum absolute atomic E-state index is 0.0142. The largest absolute Gasteiger partial charge is 0.364 e. The summed E-state index contributed by atoms with van der Waals surface area (Å²) in [5, 5.41) is 4.67. The number of halogens is 2. The topological polar surface area (TPSA) is 124 Å². The zero-order chi connectivity index (χ0) is 28.0. The van der Waals surface area contributed by atoms with Crippen LogP contribution in [-0.2, 0) is 22.6 Å². The summed E-state index contributed by atoms with van der Waals surface area (Å²) in [5.41, 5.74) is 9.19. The molecule has 0 radical (unpaired) electrons. The molecule has 1 saturated heterocycles. The third-order valence-corrected chi connectivity index (χ3v) is 7.81. The van der Waals surface area contributed by atoms with Crippen LogP contribution < -0.4 is 5.73 Å². The van der Waals surface area contributed by atoms with Crippen molar-refractivity contribution in [2.75, 3.05) is 6.54 Å². The number of ketones is 1. The fraction of sp³-hybridized carbons (Fsp3) is 0.214. The summed E-state index contributed by atoms with van der Waals surface area (Å²) in [4.78, 5) is 48.9. The summed E-state index contributed by atoms with van der Waals surface area (Å²) in [6, 6.07) is 12.2. The maximum absolute atomic E-state index is 15.6. The van der Waals surface area contributed by atoms with Crippen LogP contribution in [0, 0.1) is 5.82 Å². The molecule has 0 bridgehead atoms. The number of nitrogens with two attached hydrogens (primary N) is 1. The van der Waals surface area contributed by atoms with E-state index in [1.165, 1.54) is 27.0 Å². The van der Waals surface area contributed by atoms with Crippen molar-refractivity contribution in [3.63, 3.8) is 0 Å². The first-order valence-electron chi connectivity index (χ1n) is 12.5. The van der Waals surface area contributed by atoms with Gasteiger partial charge < -0.3 is 10.6 Å². The Morgan fingerprint density at radius 2 is 1.93 bits per heavy atom. The fourth-order valence-electron chi connectivity index (χ4n) is 5.16. The zero-order valence-electron chi connectivity index (χ0n) is 21.0. The Kier molecular flexibility index (Phi) is 6.54. The molecule has 2 amide bonds. The molecule has 1 aliphatic rings. The lowest BCUT2D eigenvalue weighted by Gasteiger charge is -2.23. The summed E-state index contributed by atoms with van der Waals surface area (Å²) in [6.45, 7) is -0.584. The van der Waals surface area contributed by atoms with Crippen LogP contribution >= 0.6 is 11.3 Å². The van der Waals surface area contributed by atoms with E-state index >= 15 is 4.39 Å². The van der Waals surface area contributed by atoms with Gasteiger partial charge in [0, 0.05) is 35.6 Å². The van der Waals surface area contributed by atoms with Gasteiger partial charge in [-0.15, -0.1) is 11.3 Å². The van der Waals surface area contributed by atoms with E-state index in [2.05, 4.69) is 15.1 Å². The third kappa shape index (κ3) is 4.60. The molecule has 0 unspecified atom stereocenters. The molecule has 40 heavy (non-hydrogen) atoms. The highest BCUT2D eigenvalue weighted by Gasteiger charge is 2.40.